The minimum atomic E-state index is 0.345. The zero-order valence-electron chi connectivity index (χ0n) is 9.27. The second kappa shape index (κ2) is 4.66. The van der Waals surface area contributed by atoms with Crippen molar-refractivity contribution in [2.24, 2.45) is 0 Å². The normalized spacial score (nSPS) is 12.7. The molecule has 1 aromatic carbocycles. The largest absolute Gasteiger partial charge is 0.339 e. The molecule has 0 N–H and O–H groups in total. The average Bonchev–Trinajstić information content (AvgIpc) is 2.65. The van der Waals surface area contributed by atoms with Gasteiger partial charge in [0.15, 0.2) is 5.82 Å². The molecule has 0 aliphatic carbocycles. The van der Waals surface area contributed by atoms with Crippen LogP contribution in [0.3, 0.4) is 0 Å². The number of benzene rings is 1. The number of aromatic nitrogens is 2. The van der Waals surface area contributed by atoms with Crippen LogP contribution >= 0.6 is 11.6 Å². The van der Waals surface area contributed by atoms with E-state index in [-0.39, 0.29) is 0 Å². The van der Waals surface area contributed by atoms with E-state index < -0.39 is 0 Å². The van der Waals surface area contributed by atoms with Crippen molar-refractivity contribution in [3.63, 3.8) is 0 Å². The van der Waals surface area contributed by atoms with E-state index in [1.54, 1.807) is 0 Å². The van der Waals surface area contributed by atoms with Gasteiger partial charge in [0, 0.05) is 11.4 Å². The van der Waals surface area contributed by atoms with Gasteiger partial charge < -0.3 is 4.52 Å². The Hall–Kier alpha value is -1.35. The fourth-order valence-electron chi connectivity index (χ4n) is 1.59. The highest BCUT2D eigenvalue weighted by Gasteiger charge is 2.11. The molecule has 2 aromatic rings. The van der Waals surface area contributed by atoms with Gasteiger partial charge in [0.05, 0.1) is 0 Å². The van der Waals surface area contributed by atoms with Crippen LogP contribution in [0.2, 0.25) is 5.02 Å². The first kappa shape index (κ1) is 11.1. The maximum absolute atomic E-state index is 5.84. The molecule has 0 bridgehead atoms. The predicted octanol–water partition coefficient (Wildman–Crippen LogP) is 3.38. The molecule has 1 aromatic heterocycles. The van der Waals surface area contributed by atoms with Crippen molar-refractivity contribution in [3.05, 3.63) is 46.6 Å². The molecule has 4 heteroatoms. The molecule has 1 atom stereocenters. The van der Waals surface area contributed by atoms with Crippen LogP contribution in [0.5, 0.6) is 0 Å². The van der Waals surface area contributed by atoms with Crippen molar-refractivity contribution >= 4 is 11.6 Å². The molecule has 16 heavy (non-hydrogen) atoms. The first-order chi connectivity index (χ1) is 7.65. The van der Waals surface area contributed by atoms with Gasteiger partial charge in [0.2, 0.25) is 5.89 Å². The number of rotatable bonds is 3. The summed E-state index contributed by atoms with van der Waals surface area (Å²) in [6.07, 6.45) is 0.752. The lowest BCUT2D eigenvalue weighted by atomic mass is 9.98. The Morgan fingerprint density at radius 1 is 1.31 bits per heavy atom. The van der Waals surface area contributed by atoms with E-state index in [2.05, 4.69) is 17.1 Å². The molecule has 3 nitrogen and oxygen atoms in total. The van der Waals surface area contributed by atoms with Crippen molar-refractivity contribution in [1.29, 1.82) is 0 Å². The third-order valence-electron chi connectivity index (χ3n) is 2.49. The summed E-state index contributed by atoms with van der Waals surface area (Å²) < 4.78 is 5.09. The predicted molar refractivity (Wildman–Crippen MR) is 62.6 cm³/mol. The van der Waals surface area contributed by atoms with Gasteiger partial charge in [-0.05, 0) is 30.5 Å². The summed E-state index contributed by atoms with van der Waals surface area (Å²) >= 11 is 5.84. The van der Waals surface area contributed by atoms with Gasteiger partial charge >= 0.3 is 0 Å². The summed E-state index contributed by atoms with van der Waals surface area (Å²) in [5.41, 5.74) is 1.22. The lowest BCUT2D eigenvalue weighted by Gasteiger charge is -2.08. The topological polar surface area (TPSA) is 38.9 Å². The average molecular weight is 237 g/mol. The Morgan fingerprint density at radius 2 is 2.00 bits per heavy atom. The molecule has 0 aliphatic rings. The van der Waals surface area contributed by atoms with E-state index >= 15 is 0 Å². The van der Waals surface area contributed by atoms with Crippen LogP contribution < -0.4 is 0 Å². The van der Waals surface area contributed by atoms with Gasteiger partial charge in [-0.15, -0.1) is 0 Å². The molecule has 0 fully saturated rings. The van der Waals surface area contributed by atoms with E-state index in [1.165, 1.54) is 5.56 Å². The molecule has 2 rings (SSSR count). The van der Waals surface area contributed by atoms with Crippen LogP contribution in [-0.4, -0.2) is 10.1 Å². The number of halogens is 1. The summed E-state index contributed by atoms with van der Waals surface area (Å²) in [4.78, 5) is 4.19. The van der Waals surface area contributed by atoms with Crippen LogP contribution in [-0.2, 0) is 6.42 Å². The molecule has 0 saturated heterocycles. The van der Waals surface area contributed by atoms with Gasteiger partial charge in [0.25, 0.3) is 0 Å². The van der Waals surface area contributed by atoms with Gasteiger partial charge in [-0.3, -0.25) is 0 Å². The zero-order valence-corrected chi connectivity index (χ0v) is 10.0. The first-order valence-corrected chi connectivity index (χ1v) is 5.57. The Bertz CT molecular complexity index is 464. The van der Waals surface area contributed by atoms with Crippen molar-refractivity contribution in [2.75, 3.05) is 0 Å². The summed E-state index contributed by atoms with van der Waals surface area (Å²) in [5.74, 6) is 1.70. The number of hydrogen-bond acceptors (Lipinski definition) is 3. The van der Waals surface area contributed by atoms with Gasteiger partial charge in [-0.2, -0.15) is 4.98 Å². The van der Waals surface area contributed by atoms with Crippen LogP contribution in [0.25, 0.3) is 0 Å². The summed E-state index contributed by atoms with van der Waals surface area (Å²) in [5, 5.41) is 4.52. The molecule has 1 unspecified atom stereocenters. The van der Waals surface area contributed by atoms with Crippen molar-refractivity contribution in [2.45, 2.75) is 26.2 Å². The van der Waals surface area contributed by atoms with Gasteiger partial charge in [-0.25, -0.2) is 0 Å². The Labute approximate surface area is 99.4 Å². The standard InChI is InChI=1S/C12H13ClN2O/c1-8(7-12-14-9(2)15-16-12)10-3-5-11(13)6-4-10/h3-6,8H,7H2,1-2H3. The number of aryl methyl sites for hydroxylation is 1. The molecule has 84 valence electrons. The Balaban J connectivity index is 2.08. The van der Waals surface area contributed by atoms with E-state index in [4.69, 9.17) is 16.1 Å². The maximum atomic E-state index is 5.84. The molecule has 0 aliphatic heterocycles. The molecule has 0 saturated carbocycles. The fourth-order valence-corrected chi connectivity index (χ4v) is 1.72. The monoisotopic (exact) mass is 236 g/mol. The SMILES string of the molecule is Cc1noc(CC(C)c2ccc(Cl)cc2)n1. The maximum Gasteiger partial charge on any atom is 0.227 e. The van der Waals surface area contributed by atoms with Crippen molar-refractivity contribution < 1.29 is 4.52 Å². The first-order valence-electron chi connectivity index (χ1n) is 5.20. The quantitative estimate of drug-likeness (QED) is 0.820. The molecule has 0 radical (unpaired) electrons. The highest BCUT2D eigenvalue weighted by atomic mass is 35.5. The van der Waals surface area contributed by atoms with Crippen LogP contribution in [0.15, 0.2) is 28.8 Å². The number of hydrogen-bond donors (Lipinski definition) is 0. The summed E-state index contributed by atoms with van der Waals surface area (Å²) in [7, 11) is 0. The van der Waals surface area contributed by atoms with E-state index in [1.807, 2.05) is 31.2 Å². The zero-order chi connectivity index (χ0) is 11.5. The smallest absolute Gasteiger partial charge is 0.227 e. The van der Waals surface area contributed by atoms with E-state index in [0.29, 0.717) is 17.6 Å². The minimum absolute atomic E-state index is 0.345. The van der Waals surface area contributed by atoms with Crippen molar-refractivity contribution in [1.82, 2.24) is 10.1 Å². The highest BCUT2D eigenvalue weighted by Crippen LogP contribution is 2.21. The van der Waals surface area contributed by atoms with Gasteiger partial charge in [0.1, 0.15) is 0 Å². The summed E-state index contributed by atoms with van der Waals surface area (Å²) in [6.45, 7) is 3.95. The third-order valence-corrected chi connectivity index (χ3v) is 2.74. The second-order valence-corrected chi connectivity index (χ2v) is 4.33. The van der Waals surface area contributed by atoms with Crippen molar-refractivity contribution in [3.8, 4) is 0 Å². The molecular formula is C12H13ClN2O. The summed E-state index contributed by atoms with van der Waals surface area (Å²) in [6, 6.07) is 7.84. The van der Waals surface area contributed by atoms with E-state index in [0.717, 1.165) is 11.4 Å². The van der Waals surface area contributed by atoms with Crippen LogP contribution in [0, 0.1) is 6.92 Å². The lowest BCUT2D eigenvalue weighted by molar-refractivity contribution is 0.368. The lowest BCUT2D eigenvalue weighted by Crippen LogP contribution is -1.98. The second-order valence-electron chi connectivity index (χ2n) is 3.89. The Morgan fingerprint density at radius 3 is 2.56 bits per heavy atom. The number of nitrogens with zero attached hydrogens (tertiary/aromatic N) is 2. The molecule has 0 spiro atoms. The molecule has 1 heterocycles. The van der Waals surface area contributed by atoms with E-state index in [9.17, 15) is 0 Å². The van der Waals surface area contributed by atoms with Crippen LogP contribution in [0.4, 0.5) is 0 Å². The highest BCUT2D eigenvalue weighted by molar-refractivity contribution is 6.30. The van der Waals surface area contributed by atoms with Crippen LogP contribution in [0.1, 0.15) is 30.1 Å². The third kappa shape index (κ3) is 2.61. The van der Waals surface area contributed by atoms with Gasteiger partial charge in [-0.1, -0.05) is 35.8 Å². The Kier molecular flexibility index (Phi) is 3.25. The molecular weight excluding hydrogens is 224 g/mol. The fraction of sp³-hybridized carbons (Fsp3) is 0.333. The minimum Gasteiger partial charge on any atom is -0.339 e. The molecule has 0 amide bonds.